The predicted molar refractivity (Wildman–Crippen MR) is 157 cm³/mol. The van der Waals surface area contributed by atoms with Crippen molar-refractivity contribution < 1.29 is 9.47 Å². The lowest BCUT2D eigenvalue weighted by atomic mass is 10.1. The SMILES string of the molecule is COc1cc(OC)c(-c2cn3ccc(N4CCN(c5cccc(N6CCN(C)CC6)n5)CC4)cc3n2)cc1Cl. The van der Waals surface area contributed by atoms with Crippen molar-refractivity contribution in [3.8, 4) is 22.8 Å². The lowest BCUT2D eigenvalue weighted by Crippen LogP contribution is -2.47. The van der Waals surface area contributed by atoms with Gasteiger partial charge in [0.1, 0.15) is 28.8 Å². The molecule has 0 N–H and O–H groups in total. The van der Waals surface area contributed by atoms with Gasteiger partial charge in [-0.05, 0) is 31.3 Å². The van der Waals surface area contributed by atoms with Crippen molar-refractivity contribution in [3.05, 3.63) is 59.9 Å². The van der Waals surface area contributed by atoms with Crippen LogP contribution < -0.4 is 24.2 Å². The second kappa shape index (κ2) is 10.8. The molecular weight excluding hydrogens is 514 g/mol. The van der Waals surface area contributed by atoms with E-state index in [1.165, 1.54) is 0 Å². The Labute approximate surface area is 234 Å². The van der Waals surface area contributed by atoms with E-state index in [1.54, 1.807) is 20.3 Å². The number of imidazole rings is 1. The minimum absolute atomic E-state index is 0.521. The lowest BCUT2D eigenvalue weighted by molar-refractivity contribution is 0.312. The summed E-state index contributed by atoms with van der Waals surface area (Å²) in [5.74, 6) is 3.38. The molecule has 3 aromatic heterocycles. The third-order valence-corrected chi connectivity index (χ3v) is 8.00. The summed E-state index contributed by atoms with van der Waals surface area (Å²) in [6.45, 7) is 7.89. The topological polar surface area (TPSA) is 61.6 Å². The molecular formula is C29H34ClN7O2. The number of benzene rings is 1. The van der Waals surface area contributed by atoms with Gasteiger partial charge in [0.15, 0.2) is 0 Å². The molecule has 0 aliphatic carbocycles. The van der Waals surface area contributed by atoms with E-state index in [0.717, 1.165) is 86.6 Å². The number of ether oxygens (including phenoxy) is 2. The number of hydrogen-bond acceptors (Lipinski definition) is 8. The number of halogens is 1. The van der Waals surface area contributed by atoms with Crippen LogP contribution in [-0.2, 0) is 0 Å². The number of pyridine rings is 2. The number of nitrogens with zero attached hydrogens (tertiary/aromatic N) is 7. The second-order valence-electron chi connectivity index (χ2n) is 10.1. The molecule has 1 aromatic carbocycles. The van der Waals surface area contributed by atoms with Crippen LogP contribution in [0.5, 0.6) is 11.5 Å². The lowest BCUT2D eigenvalue weighted by Gasteiger charge is -2.37. The Balaban J connectivity index is 1.16. The Morgan fingerprint density at radius 3 is 2.05 bits per heavy atom. The van der Waals surface area contributed by atoms with Crippen molar-refractivity contribution in [3.63, 3.8) is 0 Å². The first-order valence-electron chi connectivity index (χ1n) is 13.3. The van der Waals surface area contributed by atoms with Crippen LogP contribution in [0.4, 0.5) is 17.3 Å². The number of aromatic nitrogens is 3. The van der Waals surface area contributed by atoms with Crippen molar-refractivity contribution in [2.24, 2.45) is 0 Å². The van der Waals surface area contributed by atoms with E-state index in [0.29, 0.717) is 16.5 Å². The van der Waals surface area contributed by atoms with Crippen LogP contribution in [0.2, 0.25) is 5.02 Å². The number of methoxy groups -OCH3 is 2. The summed E-state index contributed by atoms with van der Waals surface area (Å²) in [5, 5.41) is 0.521. The zero-order valence-electron chi connectivity index (χ0n) is 22.7. The van der Waals surface area contributed by atoms with E-state index in [9.17, 15) is 0 Å². The van der Waals surface area contributed by atoms with Crippen LogP contribution in [-0.4, -0.2) is 92.9 Å². The maximum atomic E-state index is 6.41. The molecule has 2 aliphatic rings. The molecule has 5 heterocycles. The zero-order chi connectivity index (χ0) is 26.9. The van der Waals surface area contributed by atoms with E-state index in [1.807, 2.05) is 16.7 Å². The van der Waals surface area contributed by atoms with E-state index >= 15 is 0 Å². The number of anilines is 3. The molecule has 0 spiro atoms. The van der Waals surface area contributed by atoms with E-state index in [-0.39, 0.29) is 0 Å². The highest BCUT2D eigenvalue weighted by molar-refractivity contribution is 6.32. The van der Waals surface area contributed by atoms with Crippen LogP contribution in [0.3, 0.4) is 0 Å². The van der Waals surface area contributed by atoms with Crippen molar-refractivity contribution >= 4 is 34.6 Å². The summed E-state index contributed by atoms with van der Waals surface area (Å²) < 4.78 is 13.0. The molecule has 0 bridgehead atoms. The molecule has 0 unspecified atom stereocenters. The van der Waals surface area contributed by atoms with Crippen LogP contribution in [0, 0.1) is 0 Å². The third-order valence-electron chi connectivity index (χ3n) is 7.71. The van der Waals surface area contributed by atoms with Crippen LogP contribution in [0.25, 0.3) is 16.9 Å². The molecule has 6 rings (SSSR count). The molecule has 0 atom stereocenters. The monoisotopic (exact) mass is 547 g/mol. The number of hydrogen-bond donors (Lipinski definition) is 0. The van der Waals surface area contributed by atoms with Gasteiger partial charge in [-0.3, -0.25) is 0 Å². The molecule has 9 nitrogen and oxygen atoms in total. The van der Waals surface area contributed by atoms with Gasteiger partial charge in [0.2, 0.25) is 0 Å². The fourth-order valence-electron chi connectivity index (χ4n) is 5.35. The molecule has 2 fully saturated rings. The van der Waals surface area contributed by atoms with Gasteiger partial charge in [-0.15, -0.1) is 0 Å². The van der Waals surface area contributed by atoms with Crippen LogP contribution in [0.1, 0.15) is 0 Å². The minimum atomic E-state index is 0.521. The fraction of sp³-hybridized carbons (Fsp3) is 0.379. The summed E-state index contributed by atoms with van der Waals surface area (Å²) in [4.78, 5) is 19.5. The van der Waals surface area contributed by atoms with Gasteiger partial charge in [0, 0.05) is 88.1 Å². The minimum Gasteiger partial charge on any atom is -0.496 e. The highest BCUT2D eigenvalue weighted by Gasteiger charge is 2.21. The van der Waals surface area contributed by atoms with E-state index < -0.39 is 0 Å². The summed E-state index contributed by atoms with van der Waals surface area (Å²) in [6.07, 6.45) is 4.06. The number of likely N-dealkylation sites (N-methyl/N-ethyl adjacent to an activating group) is 1. The molecule has 204 valence electrons. The van der Waals surface area contributed by atoms with Gasteiger partial charge < -0.3 is 33.5 Å². The highest BCUT2D eigenvalue weighted by atomic mass is 35.5. The number of piperazine rings is 2. The van der Waals surface area contributed by atoms with Gasteiger partial charge >= 0.3 is 0 Å². The molecule has 39 heavy (non-hydrogen) atoms. The first-order valence-corrected chi connectivity index (χ1v) is 13.7. The van der Waals surface area contributed by atoms with Crippen molar-refractivity contribution in [1.82, 2.24) is 19.3 Å². The standard InChI is InChI=1S/C29H34ClN7O2/c1-33-9-11-35(12-10-33)27-5-4-6-28(32-27)36-15-13-34(14-16-36)21-7-8-37-20-24(31-29(37)17-21)22-18-23(30)26(39-3)19-25(22)38-2/h4-8,17-20H,9-16H2,1-3H3. The summed E-state index contributed by atoms with van der Waals surface area (Å²) >= 11 is 6.41. The Bertz CT molecular complexity index is 1460. The Hall–Kier alpha value is -3.69. The van der Waals surface area contributed by atoms with Gasteiger partial charge in [-0.2, -0.15) is 0 Å². The molecule has 10 heteroatoms. The van der Waals surface area contributed by atoms with Gasteiger partial charge in [0.25, 0.3) is 0 Å². The molecule has 2 aliphatic heterocycles. The fourth-order valence-corrected chi connectivity index (χ4v) is 5.59. The predicted octanol–water partition coefficient (Wildman–Crippen LogP) is 4.15. The van der Waals surface area contributed by atoms with Crippen molar-refractivity contribution in [1.29, 1.82) is 0 Å². The Kier molecular flexibility index (Phi) is 7.10. The van der Waals surface area contributed by atoms with Crippen molar-refractivity contribution in [2.45, 2.75) is 0 Å². The van der Waals surface area contributed by atoms with Crippen LogP contribution >= 0.6 is 11.6 Å². The van der Waals surface area contributed by atoms with E-state index in [2.05, 4.69) is 63.2 Å². The Morgan fingerprint density at radius 1 is 0.744 bits per heavy atom. The second-order valence-corrected chi connectivity index (χ2v) is 10.5. The molecule has 4 aromatic rings. The largest absolute Gasteiger partial charge is 0.496 e. The normalized spacial score (nSPS) is 16.7. The van der Waals surface area contributed by atoms with Gasteiger partial charge in [-0.25, -0.2) is 9.97 Å². The summed E-state index contributed by atoms with van der Waals surface area (Å²) in [7, 11) is 5.41. The average molecular weight is 548 g/mol. The van der Waals surface area contributed by atoms with Crippen LogP contribution in [0.15, 0.2) is 54.9 Å². The highest BCUT2D eigenvalue weighted by Crippen LogP contribution is 2.38. The maximum Gasteiger partial charge on any atom is 0.141 e. The Morgan fingerprint density at radius 2 is 1.38 bits per heavy atom. The molecule has 0 saturated carbocycles. The first kappa shape index (κ1) is 25.6. The van der Waals surface area contributed by atoms with Gasteiger partial charge in [0.05, 0.1) is 24.9 Å². The quantitative estimate of drug-likeness (QED) is 0.357. The molecule has 2 saturated heterocycles. The summed E-state index contributed by atoms with van der Waals surface area (Å²) in [6, 6.07) is 14.3. The van der Waals surface area contributed by atoms with E-state index in [4.69, 9.17) is 31.0 Å². The summed E-state index contributed by atoms with van der Waals surface area (Å²) in [5.41, 5.74) is 3.66. The molecule has 0 radical (unpaired) electrons. The first-order chi connectivity index (χ1) is 19.0. The smallest absolute Gasteiger partial charge is 0.141 e. The number of fused-ring (bicyclic) bond motifs is 1. The van der Waals surface area contributed by atoms with Gasteiger partial charge in [-0.1, -0.05) is 17.7 Å². The zero-order valence-corrected chi connectivity index (χ0v) is 23.4. The average Bonchev–Trinajstić information content (AvgIpc) is 3.41. The maximum absolute atomic E-state index is 6.41. The number of rotatable bonds is 6. The van der Waals surface area contributed by atoms with Crippen molar-refractivity contribution in [2.75, 3.05) is 88.3 Å². The third kappa shape index (κ3) is 5.16. The molecule has 0 amide bonds.